The molecule has 1 N–H and O–H groups in total. The zero-order valence-corrected chi connectivity index (χ0v) is 10.6. The Bertz CT molecular complexity index is 616. The van der Waals surface area contributed by atoms with Crippen molar-refractivity contribution in [2.75, 3.05) is 0 Å². The van der Waals surface area contributed by atoms with Crippen LogP contribution in [-0.2, 0) is 5.54 Å². The summed E-state index contributed by atoms with van der Waals surface area (Å²) in [7, 11) is 0. The lowest BCUT2D eigenvalue weighted by atomic mass is 9.74. The lowest BCUT2D eigenvalue weighted by molar-refractivity contribution is 0.140. The summed E-state index contributed by atoms with van der Waals surface area (Å²) in [6.45, 7) is 2.18. The molecule has 1 aliphatic rings. The summed E-state index contributed by atoms with van der Waals surface area (Å²) in [5.74, 6) is -0.224. The third kappa shape index (κ3) is 1.40. The SMILES string of the molecule is CCC1(n2c(=S)[nH]c3c(F)cccc32)CCC1. The van der Waals surface area contributed by atoms with Crippen molar-refractivity contribution in [3.63, 3.8) is 0 Å². The normalized spacial score (nSPS) is 18.2. The second-order valence-corrected chi connectivity index (χ2v) is 5.22. The molecule has 1 heterocycles. The van der Waals surface area contributed by atoms with Gasteiger partial charge in [0.25, 0.3) is 0 Å². The lowest BCUT2D eigenvalue weighted by Gasteiger charge is -2.43. The molecule has 1 saturated carbocycles. The minimum Gasteiger partial charge on any atom is -0.328 e. The first-order valence-corrected chi connectivity index (χ1v) is 6.48. The van der Waals surface area contributed by atoms with E-state index in [9.17, 15) is 4.39 Å². The van der Waals surface area contributed by atoms with E-state index in [4.69, 9.17) is 12.2 Å². The lowest BCUT2D eigenvalue weighted by Crippen LogP contribution is -2.39. The maximum Gasteiger partial charge on any atom is 0.178 e. The quantitative estimate of drug-likeness (QED) is 0.795. The van der Waals surface area contributed by atoms with Crippen LogP contribution in [0.2, 0.25) is 0 Å². The second-order valence-electron chi connectivity index (χ2n) is 4.83. The zero-order chi connectivity index (χ0) is 12.0. The van der Waals surface area contributed by atoms with Crippen molar-refractivity contribution in [3.8, 4) is 0 Å². The van der Waals surface area contributed by atoms with E-state index < -0.39 is 0 Å². The third-order valence-corrected chi connectivity index (χ3v) is 4.37. The van der Waals surface area contributed by atoms with Gasteiger partial charge in [-0.25, -0.2) is 4.39 Å². The molecule has 0 aliphatic heterocycles. The molecular weight excluding hydrogens is 235 g/mol. The molecule has 0 atom stereocenters. The van der Waals surface area contributed by atoms with Gasteiger partial charge in [-0.2, -0.15) is 0 Å². The number of hydrogen-bond donors (Lipinski definition) is 1. The Balaban J connectivity index is 2.33. The molecular formula is C13H15FN2S. The van der Waals surface area contributed by atoms with Gasteiger partial charge in [-0.3, -0.25) is 0 Å². The monoisotopic (exact) mass is 250 g/mol. The van der Waals surface area contributed by atoms with Crippen LogP contribution >= 0.6 is 12.2 Å². The molecule has 0 saturated heterocycles. The molecule has 4 heteroatoms. The van der Waals surface area contributed by atoms with Crippen molar-refractivity contribution in [1.29, 1.82) is 0 Å². The molecule has 2 nitrogen and oxygen atoms in total. The van der Waals surface area contributed by atoms with E-state index in [0.717, 1.165) is 24.8 Å². The average Bonchev–Trinajstić information content (AvgIpc) is 2.58. The highest BCUT2D eigenvalue weighted by Gasteiger charge is 2.38. The molecule has 1 aliphatic carbocycles. The summed E-state index contributed by atoms with van der Waals surface area (Å²) >= 11 is 5.37. The number of rotatable bonds is 2. The Labute approximate surface area is 104 Å². The summed E-state index contributed by atoms with van der Waals surface area (Å²) in [6, 6.07) is 5.16. The van der Waals surface area contributed by atoms with Crippen LogP contribution in [0.15, 0.2) is 18.2 Å². The average molecular weight is 250 g/mol. The highest BCUT2D eigenvalue weighted by molar-refractivity contribution is 7.71. The standard InChI is InChI=1S/C13H15FN2S/c1-2-13(7-4-8-13)16-10-6-3-5-9(14)11(10)15-12(16)17/h3,5-6H,2,4,7-8H2,1H3,(H,15,17). The van der Waals surface area contributed by atoms with Gasteiger partial charge in [-0.05, 0) is 50.0 Å². The topological polar surface area (TPSA) is 20.7 Å². The number of nitrogens with one attached hydrogen (secondary N) is 1. The van der Waals surface area contributed by atoms with Gasteiger partial charge in [-0.1, -0.05) is 13.0 Å². The number of halogens is 1. The molecule has 17 heavy (non-hydrogen) atoms. The fourth-order valence-corrected chi connectivity index (χ4v) is 3.28. The third-order valence-electron chi connectivity index (χ3n) is 4.08. The maximum absolute atomic E-state index is 13.7. The Morgan fingerprint density at radius 3 is 2.82 bits per heavy atom. The Morgan fingerprint density at radius 2 is 2.24 bits per heavy atom. The number of nitrogens with zero attached hydrogens (tertiary/aromatic N) is 1. The van der Waals surface area contributed by atoms with Gasteiger partial charge in [0.05, 0.1) is 5.52 Å². The Hall–Kier alpha value is -1.16. The molecule has 1 aromatic heterocycles. The molecule has 90 valence electrons. The van der Waals surface area contributed by atoms with Crippen molar-refractivity contribution < 1.29 is 4.39 Å². The first kappa shape index (κ1) is 11.0. The molecule has 0 radical (unpaired) electrons. The van der Waals surface area contributed by atoms with Crippen LogP contribution in [-0.4, -0.2) is 9.55 Å². The number of fused-ring (bicyclic) bond motifs is 1. The summed E-state index contributed by atoms with van der Waals surface area (Å²) < 4.78 is 16.5. The minimum absolute atomic E-state index is 0.114. The highest BCUT2D eigenvalue weighted by Crippen LogP contribution is 2.44. The fourth-order valence-electron chi connectivity index (χ4n) is 2.89. The number of aromatic nitrogens is 2. The summed E-state index contributed by atoms with van der Waals surface area (Å²) in [5, 5.41) is 0. The second kappa shape index (κ2) is 3.67. The molecule has 0 spiro atoms. The smallest absolute Gasteiger partial charge is 0.178 e. The first-order valence-electron chi connectivity index (χ1n) is 6.08. The molecule has 2 aromatic rings. The highest BCUT2D eigenvalue weighted by atomic mass is 32.1. The Morgan fingerprint density at radius 1 is 1.47 bits per heavy atom. The van der Waals surface area contributed by atoms with Gasteiger partial charge in [0.15, 0.2) is 4.77 Å². The van der Waals surface area contributed by atoms with Gasteiger partial charge in [0.2, 0.25) is 0 Å². The first-order chi connectivity index (χ1) is 8.18. The summed E-state index contributed by atoms with van der Waals surface area (Å²) in [6.07, 6.45) is 4.56. The van der Waals surface area contributed by atoms with Crippen molar-refractivity contribution in [2.24, 2.45) is 0 Å². The number of para-hydroxylation sites is 1. The van der Waals surface area contributed by atoms with Gasteiger partial charge >= 0.3 is 0 Å². The molecule has 1 fully saturated rings. The van der Waals surface area contributed by atoms with Gasteiger partial charge in [0, 0.05) is 5.54 Å². The molecule has 3 rings (SSSR count). The van der Waals surface area contributed by atoms with E-state index in [1.54, 1.807) is 6.07 Å². The van der Waals surface area contributed by atoms with E-state index >= 15 is 0 Å². The van der Waals surface area contributed by atoms with E-state index in [1.807, 2.05) is 6.07 Å². The predicted molar refractivity (Wildman–Crippen MR) is 69.2 cm³/mol. The fraction of sp³-hybridized carbons (Fsp3) is 0.462. The summed E-state index contributed by atoms with van der Waals surface area (Å²) in [4.78, 5) is 3.01. The van der Waals surface area contributed by atoms with Crippen LogP contribution < -0.4 is 0 Å². The van der Waals surface area contributed by atoms with Crippen LogP contribution in [0.1, 0.15) is 32.6 Å². The molecule has 0 bridgehead atoms. The van der Waals surface area contributed by atoms with Crippen molar-refractivity contribution in [2.45, 2.75) is 38.1 Å². The number of imidazole rings is 1. The summed E-state index contributed by atoms with van der Waals surface area (Å²) in [5.41, 5.74) is 1.55. The minimum atomic E-state index is -0.224. The van der Waals surface area contributed by atoms with Gasteiger partial charge in [0.1, 0.15) is 11.3 Å². The van der Waals surface area contributed by atoms with Crippen LogP contribution in [0, 0.1) is 10.6 Å². The number of hydrogen-bond acceptors (Lipinski definition) is 1. The van der Waals surface area contributed by atoms with Crippen LogP contribution in [0.5, 0.6) is 0 Å². The van der Waals surface area contributed by atoms with Crippen LogP contribution in [0.25, 0.3) is 11.0 Å². The van der Waals surface area contributed by atoms with E-state index in [-0.39, 0.29) is 11.4 Å². The van der Waals surface area contributed by atoms with E-state index in [1.165, 1.54) is 12.5 Å². The number of benzene rings is 1. The number of aromatic amines is 1. The van der Waals surface area contributed by atoms with Crippen LogP contribution in [0.4, 0.5) is 4.39 Å². The zero-order valence-electron chi connectivity index (χ0n) is 9.79. The van der Waals surface area contributed by atoms with E-state index in [2.05, 4.69) is 16.5 Å². The number of H-pyrrole nitrogens is 1. The van der Waals surface area contributed by atoms with E-state index in [0.29, 0.717) is 10.3 Å². The molecule has 0 amide bonds. The molecule has 0 unspecified atom stereocenters. The van der Waals surface area contributed by atoms with Gasteiger partial charge < -0.3 is 9.55 Å². The maximum atomic E-state index is 13.7. The Kier molecular flexibility index (Phi) is 2.36. The van der Waals surface area contributed by atoms with Crippen molar-refractivity contribution >= 4 is 23.3 Å². The van der Waals surface area contributed by atoms with Crippen LogP contribution in [0.3, 0.4) is 0 Å². The predicted octanol–water partition coefficient (Wildman–Crippen LogP) is 4.13. The van der Waals surface area contributed by atoms with Crippen molar-refractivity contribution in [1.82, 2.24) is 9.55 Å². The molecule has 1 aromatic carbocycles. The van der Waals surface area contributed by atoms with Crippen molar-refractivity contribution in [3.05, 3.63) is 28.8 Å². The largest absolute Gasteiger partial charge is 0.328 e. The van der Waals surface area contributed by atoms with Gasteiger partial charge in [-0.15, -0.1) is 0 Å².